The quantitative estimate of drug-likeness (QED) is 0.230. The number of amides is 1. The summed E-state index contributed by atoms with van der Waals surface area (Å²) in [7, 11) is -2.30. The Balaban J connectivity index is 1.50. The van der Waals surface area contributed by atoms with E-state index in [1.165, 1.54) is 0 Å². The summed E-state index contributed by atoms with van der Waals surface area (Å²) in [6.45, 7) is 5.52. The van der Waals surface area contributed by atoms with Crippen LogP contribution in [0.4, 0.5) is 0 Å². The molecule has 39 heavy (non-hydrogen) atoms. The highest BCUT2D eigenvalue weighted by Gasteiger charge is 2.27. The molecule has 0 atom stereocenters. The highest BCUT2D eigenvalue weighted by molar-refractivity contribution is 7.89. The van der Waals surface area contributed by atoms with Crippen LogP contribution in [0.25, 0.3) is 5.69 Å². The van der Waals surface area contributed by atoms with Gasteiger partial charge in [-0.25, -0.2) is 13.8 Å². The maximum absolute atomic E-state index is 13.4. The van der Waals surface area contributed by atoms with Gasteiger partial charge in [-0.3, -0.25) is 4.79 Å². The van der Waals surface area contributed by atoms with Gasteiger partial charge in [-0.2, -0.15) is 9.41 Å². The van der Waals surface area contributed by atoms with Crippen molar-refractivity contribution in [1.29, 1.82) is 0 Å². The van der Waals surface area contributed by atoms with Gasteiger partial charge < -0.3 is 9.30 Å². The second-order valence-electron chi connectivity index (χ2n) is 9.22. The molecule has 0 radical (unpaired) electrons. The lowest BCUT2D eigenvalue weighted by molar-refractivity contribution is -0.121. The molecule has 8 nitrogen and oxygen atoms in total. The lowest BCUT2D eigenvalue weighted by atomic mass is 10.2. The first kappa shape index (κ1) is 27.8. The fourth-order valence-electron chi connectivity index (χ4n) is 4.29. The van der Waals surface area contributed by atoms with Crippen molar-refractivity contribution in [1.82, 2.24) is 14.3 Å². The second kappa shape index (κ2) is 12.1. The van der Waals surface area contributed by atoms with Crippen LogP contribution in [0, 0.1) is 20.8 Å². The van der Waals surface area contributed by atoms with E-state index in [4.69, 9.17) is 4.74 Å². The number of methoxy groups -OCH3 is 1. The monoisotopic (exact) mass is 544 g/mol. The number of hydrazone groups is 1. The van der Waals surface area contributed by atoms with Crippen LogP contribution < -0.4 is 10.2 Å². The molecule has 4 rings (SSSR count). The van der Waals surface area contributed by atoms with Crippen LogP contribution in [-0.4, -0.2) is 43.1 Å². The number of carbonyl (C=O) groups excluding carboxylic acids is 1. The predicted octanol–water partition coefficient (Wildman–Crippen LogP) is 4.75. The predicted molar refractivity (Wildman–Crippen MR) is 153 cm³/mol. The molecule has 9 heteroatoms. The van der Waals surface area contributed by atoms with Gasteiger partial charge in [0.05, 0.1) is 24.8 Å². The Labute approximate surface area is 229 Å². The summed E-state index contributed by atoms with van der Waals surface area (Å²) in [5.41, 5.74) is 7.97. The Morgan fingerprint density at radius 3 is 2.28 bits per heavy atom. The van der Waals surface area contributed by atoms with Gasteiger partial charge in [0.15, 0.2) is 0 Å². The van der Waals surface area contributed by atoms with Gasteiger partial charge in [-0.05, 0) is 68.8 Å². The van der Waals surface area contributed by atoms with Gasteiger partial charge in [0.1, 0.15) is 5.75 Å². The maximum Gasteiger partial charge on any atom is 0.255 e. The number of sulfonamides is 1. The third kappa shape index (κ3) is 6.63. The molecular formula is C30H32N4O4S. The molecule has 0 saturated heterocycles. The maximum atomic E-state index is 13.4. The molecule has 4 aromatic rings. The summed E-state index contributed by atoms with van der Waals surface area (Å²) in [6, 6.07) is 25.5. The fourth-order valence-corrected chi connectivity index (χ4v) is 5.67. The number of nitrogens with zero attached hydrogens (tertiary/aromatic N) is 3. The van der Waals surface area contributed by atoms with E-state index in [0.29, 0.717) is 0 Å². The highest BCUT2D eigenvalue weighted by Crippen LogP contribution is 2.22. The number of nitrogens with one attached hydrogen (secondary N) is 1. The molecule has 3 aromatic carbocycles. The van der Waals surface area contributed by atoms with Crippen LogP contribution in [0.2, 0.25) is 0 Å². The molecule has 0 aliphatic carbocycles. The van der Waals surface area contributed by atoms with E-state index in [-0.39, 0.29) is 18.0 Å². The van der Waals surface area contributed by atoms with Crippen molar-refractivity contribution in [2.24, 2.45) is 5.10 Å². The number of aryl methyl sites for hydroxylation is 2. The van der Waals surface area contributed by atoms with E-state index in [1.807, 2.05) is 81.4 Å². The van der Waals surface area contributed by atoms with Crippen molar-refractivity contribution in [2.45, 2.75) is 32.2 Å². The van der Waals surface area contributed by atoms with Crippen LogP contribution in [0.1, 0.15) is 28.1 Å². The van der Waals surface area contributed by atoms with Gasteiger partial charge in [-0.15, -0.1) is 0 Å². The number of ether oxygens (including phenoxy) is 1. The summed E-state index contributed by atoms with van der Waals surface area (Å²) >= 11 is 0. The number of carbonyl (C=O) groups is 1. The Hall–Kier alpha value is -4.21. The van der Waals surface area contributed by atoms with Crippen molar-refractivity contribution >= 4 is 22.1 Å². The Bertz CT molecular complexity index is 1560. The first-order chi connectivity index (χ1) is 18.7. The number of hydrogen-bond acceptors (Lipinski definition) is 5. The van der Waals surface area contributed by atoms with Gasteiger partial charge in [0, 0.05) is 29.2 Å². The Morgan fingerprint density at radius 1 is 0.974 bits per heavy atom. The number of benzene rings is 3. The summed E-state index contributed by atoms with van der Waals surface area (Å²) in [4.78, 5) is 13.0. The first-order valence-electron chi connectivity index (χ1n) is 12.4. The van der Waals surface area contributed by atoms with Crippen molar-refractivity contribution < 1.29 is 17.9 Å². The van der Waals surface area contributed by atoms with E-state index < -0.39 is 15.9 Å². The molecule has 0 unspecified atom stereocenters. The summed E-state index contributed by atoms with van der Waals surface area (Å²) < 4.78 is 35.4. The Kier molecular flexibility index (Phi) is 8.63. The van der Waals surface area contributed by atoms with Crippen molar-refractivity contribution in [3.05, 3.63) is 113 Å². The van der Waals surface area contributed by atoms with E-state index in [9.17, 15) is 13.2 Å². The van der Waals surface area contributed by atoms with E-state index in [1.54, 1.807) is 37.6 Å². The van der Waals surface area contributed by atoms with Crippen molar-refractivity contribution in [3.8, 4) is 11.4 Å². The molecule has 1 heterocycles. The molecule has 202 valence electrons. The van der Waals surface area contributed by atoms with Crippen molar-refractivity contribution in [2.75, 3.05) is 13.7 Å². The SMILES string of the molecule is COc1ccc(-n2c(C)cc(/C=N/NC(=O)CN(Cc3ccccc3)S(=O)(=O)c3ccc(C)cc3)c2C)cc1. The van der Waals surface area contributed by atoms with Crippen LogP contribution >= 0.6 is 0 Å². The van der Waals surface area contributed by atoms with Crippen LogP contribution in [0.15, 0.2) is 94.9 Å². The Morgan fingerprint density at radius 2 is 1.64 bits per heavy atom. The highest BCUT2D eigenvalue weighted by atomic mass is 32.2. The van der Waals surface area contributed by atoms with Crippen LogP contribution in [0.3, 0.4) is 0 Å². The summed E-state index contributed by atoms with van der Waals surface area (Å²) in [5.74, 6) is 0.234. The third-order valence-electron chi connectivity index (χ3n) is 6.37. The minimum absolute atomic E-state index is 0.0528. The topological polar surface area (TPSA) is 93.0 Å². The minimum Gasteiger partial charge on any atom is -0.497 e. The van der Waals surface area contributed by atoms with Gasteiger partial charge in [-0.1, -0.05) is 48.0 Å². The normalized spacial score (nSPS) is 11.7. The minimum atomic E-state index is -3.92. The third-order valence-corrected chi connectivity index (χ3v) is 8.18. The molecule has 0 aliphatic rings. The first-order valence-corrected chi connectivity index (χ1v) is 13.9. The van der Waals surface area contributed by atoms with Crippen LogP contribution in [0.5, 0.6) is 5.75 Å². The van der Waals surface area contributed by atoms with Gasteiger partial charge in [0.2, 0.25) is 10.0 Å². The standard InChI is InChI=1S/C30H32N4O4S/c1-22-10-16-29(17-11-22)39(36,37)33(20-25-8-6-5-7-9-25)21-30(35)32-31-19-26-18-23(2)34(24(26)3)27-12-14-28(38-4)15-13-27/h5-19H,20-21H2,1-4H3,(H,32,35)/b31-19+. The number of aromatic nitrogens is 1. The van der Waals surface area contributed by atoms with Gasteiger partial charge in [0.25, 0.3) is 5.91 Å². The van der Waals surface area contributed by atoms with Crippen molar-refractivity contribution in [3.63, 3.8) is 0 Å². The van der Waals surface area contributed by atoms with E-state index in [0.717, 1.165) is 43.8 Å². The van der Waals surface area contributed by atoms with Crippen LogP contribution in [-0.2, 0) is 21.4 Å². The number of rotatable bonds is 10. The van der Waals surface area contributed by atoms with E-state index in [2.05, 4.69) is 15.1 Å². The molecule has 0 fully saturated rings. The summed E-state index contributed by atoms with van der Waals surface area (Å²) in [6.07, 6.45) is 1.57. The molecule has 1 amide bonds. The summed E-state index contributed by atoms with van der Waals surface area (Å²) in [5, 5.41) is 4.12. The fraction of sp³-hybridized carbons (Fsp3) is 0.200. The zero-order valence-corrected chi connectivity index (χ0v) is 23.3. The number of hydrogen-bond donors (Lipinski definition) is 1. The second-order valence-corrected chi connectivity index (χ2v) is 11.2. The smallest absolute Gasteiger partial charge is 0.255 e. The zero-order valence-electron chi connectivity index (χ0n) is 22.5. The van der Waals surface area contributed by atoms with E-state index >= 15 is 0 Å². The molecule has 0 spiro atoms. The molecule has 1 aromatic heterocycles. The molecule has 0 saturated carbocycles. The zero-order chi connectivity index (χ0) is 28.0. The molecular weight excluding hydrogens is 512 g/mol. The molecule has 1 N–H and O–H groups in total. The molecule has 0 bridgehead atoms. The lowest BCUT2D eigenvalue weighted by Gasteiger charge is -2.21. The van der Waals surface area contributed by atoms with Gasteiger partial charge >= 0.3 is 0 Å². The lowest BCUT2D eigenvalue weighted by Crippen LogP contribution is -2.39. The largest absolute Gasteiger partial charge is 0.497 e. The molecule has 0 aliphatic heterocycles. The average Bonchev–Trinajstić information content (AvgIpc) is 3.21. The average molecular weight is 545 g/mol.